The van der Waals surface area contributed by atoms with Gasteiger partial charge in [0.05, 0.1) is 36.5 Å². The van der Waals surface area contributed by atoms with Crippen molar-refractivity contribution in [3.05, 3.63) is 36.4 Å². The minimum atomic E-state index is -0.488. The number of benzene rings is 1. The van der Waals surface area contributed by atoms with Crippen molar-refractivity contribution in [3.8, 4) is 11.8 Å². The summed E-state index contributed by atoms with van der Waals surface area (Å²) in [5.41, 5.74) is 2.31. The van der Waals surface area contributed by atoms with Gasteiger partial charge in [0, 0.05) is 19.2 Å². The van der Waals surface area contributed by atoms with Crippen molar-refractivity contribution in [2.24, 2.45) is 0 Å². The monoisotopic (exact) mass is 325 g/mol. The SMILES string of the molecule is CCC(=O)N(C)c1ccc2c(c1)N(C(C#N)c1cnc[nH]1)CCO2. The van der Waals surface area contributed by atoms with Crippen molar-refractivity contribution in [1.82, 2.24) is 9.97 Å². The normalized spacial score (nSPS) is 14.3. The van der Waals surface area contributed by atoms with Crippen molar-refractivity contribution in [2.75, 3.05) is 30.0 Å². The number of hydrogen-bond acceptors (Lipinski definition) is 5. The highest BCUT2D eigenvalue weighted by Crippen LogP contribution is 2.39. The van der Waals surface area contributed by atoms with Gasteiger partial charge in [-0.1, -0.05) is 6.92 Å². The number of nitriles is 1. The fraction of sp³-hybridized carbons (Fsp3) is 0.353. The number of hydrogen-bond donors (Lipinski definition) is 1. The van der Waals surface area contributed by atoms with Crippen molar-refractivity contribution < 1.29 is 9.53 Å². The van der Waals surface area contributed by atoms with Crippen molar-refractivity contribution in [3.63, 3.8) is 0 Å². The van der Waals surface area contributed by atoms with E-state index in [0.29, 0.717) is 25.3 Å². The van der Waals surface area contributed by atoms with Crippen molar-refractivity contribution in [2.45, 2.75) is 19.4 Å². The summed E-state index contributed by atoms with van der Waals surface area (Å²) in [6.45, 7) is 2.91. The number of rotatable bonds is 4. The zero-order valence-electron chi connectivity index (χ0n) is 13.7. The van der Waals surface area contributed by atoms with Gasteiger partial charge in [-0.15, -0.1) is 0 Å². The number of fused-ring (bicyclic) bond motifs is 1. The van der Waals surface area contributed by atoms with Gasteiger partial charge in [0.25, 0.3) is 0 Å². The zero-order valence-corrected chi connectivity index (χ0v) is 13.7. The number of aromatic amines is 1. The fourth-order valence-electron chi connectivity index (χ4n) is 2.81. The highest BCUT2D eigenvalue weighted by Gasteiger charge is 2.28. The number of aromatic nitrogens is 2. The first-order chi connectivity index (χ1) is 11.7. The third-order valence-corrected chi connectivity index (χ3v) is 4.15. The molecule has 1 amide bonds. The Morgan fingerprint density at radius 2 is 2.42 bits per heavy atom. The van der Waals surface area contributed by atoms with E-state index < -0.39 is 6.04 Å². The number of nitrogens with one attached hydrogen (secondary N) is 1. The molecule has 124 valence electrons. The van der Waals surface area contributed by atoms with Gasteiger partial charge in [0.1, 0.15) is 12.4 Å². The Bertz CT molecular complexity index is 766. The van der Waals surface area contributed by atoms with Gasteiger partial charge >= 0.3 is 0 Å². The summed E-state index contributed by atoms with van der Waals surface area (Å²) in [6.07, 6.45) is 3.65. The summed E-state index contributed by atoms with van der Waals surface area (Å²) >= 11 is 0. The number of imidazole rings is 1. The highest BCUT2D eigenvalue weighted by atomic mass is 16.5. The first-order valence-corrected chi connectivity index (χ1v) is 7.83. The first-order valence-electron chi connectivity index (χ1n) is 7.83. The summed E-state index contributed by atoms with van der Waals surface area (Å²) in [6, 6.07) is 7.42. The maximum Gasteiger partial charge on any atom is 0.226 e. The van der Waals surface area contributed by atoms with E-state index in [1.807, 2.05) is 30.0 Å². The molecule has 0 spiro atoms. The van der Waals surface area contributed by atoms with Crippen LogP contribution >= 0.6 is 0 Å². The predicted molar refractivity (Wildman–Crippen MR) is 89.9 cm³/mol. The van der Waals surface area contributed by atoms with Crippen molar-refractivity contribution in [1.29, 1.82) is 5.26 Å². The molecule has 3 rings (SSSR count). The molecule has 7 nitrogen and oxygen atoms in total. The van der Waals surface area contributed by atoms with Gasteiger partial charge in [-0.05, 0) is 18.2 Å². The van der Waals surface area contributed by atoms with Crippen LogP contribution in [0.4, 0.5) is 11.4 Å². The number of carbonyl (C=O) groups excluding carboxylic acids is 1. The second kappa shape index (κ2) is 6.62. The molecular weight excluding hydrogens is 306 g/mol. The lowest BCUT2D eigenvalue weighted by molar-refractivity contribution is -0.118. The Balaban J connectivity index is 1.99. The molecule has 0 saturated carbocycles. The number of anilines is 2. The van der Waals surface area contributed by atoms with Gasteiger partial charge in [-0.3, -0.25) is 4.79 Å². The molecule has 0 radical (unpaired) electrons. The van der Waals surface area contributed by atoms with Gasteiger partial charge in [-0.2, -0.15) is 5.26 Å². The molecule has 1 N–H and O–H groups in total. The van der Waals surface area contributed by atoms with Crippen LogP contribution in [-0.2, 0) is 4.79 Å². The average Bonchev–Trinajstić information content (AvgIpc) is 3.15. The Labute approximate surface area is 140 Å². The summed E-state index contributed by atoms with van der Waals surface area (Å²) in [4.78, 5) is 22.5. The fourth-order valence-corrected chi connectivity index (χ4v) is 2.81. The number of ether oxygens (including phenoxy) is 1. The van der Waals surface area contributed by atoms with Crippen LogP contribution in [-0.4, -0.2) is 36.1 Å². The molecule has 1 aromatic heterocycles. The number of carbonyl (C=O) groups is 1. The van der Waals surface area contributed by atoms with Crippen LogP contribution in [0.5, 0.6) is 5.75 Å². The molecule has 1 aliphatic rings. The van der Waals surface area contributed by atoms with E-state index in [2.05, 4.69) is 16.0 Å². The smallest absolute Gasteiger partial charge is 0.226 e. The lowest BCUT2D eigenvalue weighted by Crippen LogP contribution is -2.36. The third kappa shape index (κ3) is 2.78. The Morgan fingerprint density at radius 1 is 1.58 bits per heavy atom. The number of amides is 1. The molecule has 0 fully saturated rings. The van der Waals surface area contributed by atoms with E-state index in [1.165, 1.54) is 0 Å². The second-order valence-electron chi connectivity index (χ2n) is 5.54. The summed E-state index contributed by atoms with van der Waals surface area (Å²) in [5.74, 6) is 0.741. The minimum absolute atomic E-state index is 0.0311. The summed E-state index contributed by atoms with van der Waals surface area (Å²) in [7, 11) is 1.75. The molecule has 1 aromatic carbocycles. The third-order valence-electron chi connectivity index (χ3n) is 4.15. The van der Waals surface area contributed by atoms with Gasteiger partial charge < -0.3 is 19.5 Å². The predicted octanol–water partition coefficient (Wildman–Crippen LogP) is 2.25. The van der Waals surface area contributed by atoms with Crippen LogP contribution in [0, 0.1) is 11.3 Å². The number of H-pyrrole nitrogens is 1. The topological polar surface area (TPSA) is 85.3 Å². The van der Waals surface area contributed by atoms with E-state index in [4.69, 9.17) is 4.74 Å². The van der Waals surface area contributed by atoms with Crippen LogP contribution in [0.1, 0.15) is 25.1 Å². The van der Waals surface area contributed by atoms with Gasteiger partial charge in [0.2, 0.25) is 5.91 Å². The molecular formula is C17H19N5O2. The molecule has 0 saturated heterocycles. The zero-order chi connectivity index (χ0) is 17.1. The van der Waals surface area contributed by atoms with Crippen LogP contribution < -0.4 is 14.5 Å². The van der Waals surface area contributed by atoms with Crippen molar-refractivity contribution >= 4 is 17.3 Å². The van der Waals surface area contributed by atoms with E-state index in [-0.39, 0.29) is 5.91 Å². The van der Waals surface area contributed by atoms with E-state index >= 15 is 0 Å². The van der Waals surface area contributed by atoms with Crippen LogP contribution in [0.15, 0.2) is 30.7 Å². The van der Waals surface area contributed by atoms with Gasteiger partial charge in [0.15, 0.2) is 6.04 Å². The molecule has 2 aromatic rings. The maximum atomic E-state index is 12.0. The molecule has 24 heavy (non-hydrogen) atoms. The van der Waals surface area contributed by atoms with E-state index in [1.54, 1.807) is 24.5 Å². The van der Waals surface area contributed by atoms with Gasteiger partial charge in [-0.25, -0.2) is 4.98 Å². The van der Waals surface area contributed by atoms with E-state index in [0.717, 1.165) is 17.1 Å². The molecule has 1 atom stereocenters. The van der Waals surface area contributed by atoms with Crippen LogP contribution in [0.3, 0.4) is 0 Å². The highest BCUT2D eigenvalue weighted by molar-refractivity contribution is 5.93. The second-order valence-corrected chi connectivity index (χ2v) is 5.54. The molecule has 2 heterocycles. The quantitative estimate of drug-likeness (QED) is 0.932. The first kappa shape index (κ1) is 15.9. The van der Waals surface area contributed by atoms with E-state index in [9.17, 15) is 10.1 Å². The summed E-state index contributed by atoms with van der Waals surface area (Å²) in [5, 5.41) is 9.64. The number of nitrogens with zero attached hydrogens (tertiary/aromatic N) is 4. The molecule has 1 unspecified atom stereocenters. The summed E-state index contributed by atoms with van der Waals surface area (Å²) < 4.78 is 5.71. The molecule has 0 aliphatic carbocycles. The Kier molecular flexibility index (Phi) is 4.38. The molecule has 1 aliphatic heterocycles. The largest absolute Gasteiger partial charge is 0.490 e. The molecule has 0 bridgehead atoms. The Morgan fingerprint density at radius 3 is 3.08 bits per heavy atom. The van der Waals surface area contributed by atoms with Crippen LogP contribution in [0.2, 0.25) is 0 Å². The minimum Gasteiger partial charge on any atom is -0.490 e. The molecule has 7 heteroatoms. The lowest BCUT2D eigenvalue weighted by Gasteiger charge is -2.34. The maximum absolute atomic E-state index is 12.0. The standard InChI is InChI=1S/C17H19N5O2/c1-3-17(23)21(2)12-4-5-16-14(8-12)22(6-7-24-16)15(9-18)13-10-19-11-20-13/h4-5,8,10-11,15H,3,6-7H2,1-2H3,(H,19,20). The average molecular weight is 325 g/mol. The Hall–Kier alpha value is -3.01. The van der Waals surface area contributed by atoms with Crippen LogP contribution in [0.25, 0.3) is 0 Å². The lowest BCUT2D eigenvalue weighted by atomic mass is 10.1.